The molecule has 0 fully saturated rings. The summed E-state index contributed by atoms with van der Waals surface area (Å²) in [6.07, 6.45) is 0. The molecule has 0 saturated heterocycles. The quantitative estimate of drug-likeness (QED) is 0.750. The second-order valence-electron chi connectivity index (χ2n) is 4.70. The third kappa shape index (κ3) is 3.96. The first-order chi connectivity index (χ1) is 9.31. The minimum atomic E-state index is -3.20. The predicted molar refractivity (Wildman–Crippen MR) is 78.7 cm³/mol. The first-order valence-electron chi connectivity index (χ1n) is 6.48. The molecule has 0 aliphatic heterocycles. The highest BCUT2D eigenvalue weighted by Gasteiger charge is 2.17. The average molecular weight is 299 g/mol. The molecule has 0 aliphatic carbocycles. The number of anilines is 1. The van der Waals surface area contributed by atoms with Gasteiger partial charge in [0.25, 0.3) is 0 Å². The SMILES string of the molecule is CCS(=O)(=O)c1ccc(N(CC(=O)OC)C(C)C)cc1. The Balaban J connectivity index is 3.03. The maximum Gasteiger partial charge on any atom is 0.325 e. The van der Waals surface area contributed by atoms with Gasteiger partial charge in [-0.15, -0.1) is 0 Å². The lowest BCUT2D eigenvalue weighted by molar-refractivity contribution is -0.139. The Hall–Kier alpha value is -1.56. The topological polar surface area (TPSA) is 63.7 Å². The summed E-state index contributed by atoms with van der Waals surface area (Å²) in [5.41, 5.74) is 0.792. The fourth-order valence-electron chi connectivity index (χ4n) is 1.79. The largest absolute Gasteiger partial charge is 0.468 e. The van der Waals surface area contributed by atoms with Crippen molar-refractivity contribution in [3.63, 3.8) is 0 Å². The predicted octanol–water partition coefficient (Wildman–Crippen LogP) is 1.87. The molecule has 0 N–H and O–H groups in total. The fraction of sp³-hybridized carbons (Fsp3) is 0.500. The number of hydrogen-bond acceptors (Lipinski definition) is 5. The molecule has 0 radical (unpaired) electrons. The van der Waals surface area contributed by atoms with Crippen LogP contribution < -0.4 is 4.90 Å². The summed E-state index contributed by atoms with van der Waals surface area (Å²) in [5, 5.41) is 0. The van der Waals surface area contributed by atoms with Gasteiger partial charge in [-0.1, -0.05) is 6.92 Å². The summed E-state index contributed by atoms with van der Waals surface area (Å²) in [6.45, 7) is 5.66. The molecule has 0 bridgehead atoms. The summed E-state index contributed by atoms with van der Waals surface area (Å²) in [6, 6.07) is 6.67. The van der Waals surface area contributed by atoms with Gasteiger partial charge in [0, 0.05) is 11.7 Å². The lowest BCUT2D eigenvalue weighted by Crippen LogP contribution is -2.36. The highest BCUT2D eigenvalue weighted by atomic mass is 32.2. The molecular formula is C14H21NO4S. The number of methoxy groups -OCH3 is 1. The van der Waals surface area contributed by atoms with Gasteiger partial charge in [-0.3, -0.25) is 4.79 Å². The van der Waals surface area contributed by atoms with E-state index in [1.807, 2.05) is 18.7 Å². The second kappa shape index (κ2) is 6.74. The minimum Gasteiger partial charge on any atom is -0.468 e. The van der Waals surface area contributed by atoms with Crippen molar-refractivity contribution in [3.05, 3.63) is 24.3 Å². The Kier molecular flexibility index (Phi) is 5.56. The molecule has 0 amide bonds. The average Bonchev–Trinajstić information content (AvgIpc) is 2.44. The van der Waals surface area contributed by atoms with Crippen LogP contribution >= 0.6 is 0 Å². The molecule has 1 aromatic carbocycles. The van der Waals surface area contributed by atoms with E-state index in [4.69, 9.17) is 0 Å². The maximum atomic E-state index is 11.8. The number of carbonyl (C=O) groups excluding carboxylic acids is 1. The zero-order valence-electron chi connectivity index (χ0n) is 12.3. The van der Waals surface area contributed by atoms with Crippen LogP contribution in [0.25, 0.3) is 0 Å². The van der Waals surface area contributed by atoms with Crippen LogP contribution in [0.1, 0.15) is 20.8 Å². The van der Waals surface area contributed by atoms with E-state index in [9.17, 15) is 13.2 Å². The van der Waals surface area contributed by atoms with E-state index >= 15 is 0 Å². The van der Waals surface area contributed by atoms with Crippen molar-refractivity contribution < 1.29 is 17.9 Å². The monoisotopic (exact) mass is 299 g/mol. The van der Waals surface area contributed by atoms with Crippen LogP contribution in [0.15, 0.2) is 29.2 Å². The molecule has 1 aromatic rings. The second-order valence-corrected chi connectivity index (χ2v) is 6.97. The van der Waals surface area contributed by atoms with Crippen molar-refractivity contribution in [1.29, 1.82) is 0 Å². The van der Waals surface area contributed by atoms with Crippen LogP contribution in [-0.4, -0.2) is 39.8 Å². The standard InChI is InChI=1S/C14H21NO4S/c1-5-20(17,18)13-8-6-12(7-9-13)15(11(2)3)10-14(16)19-4/h6-9,11H,5,10H2,1-4H3. The van der Waals surface area contributed by atoms with Crippen LogP contribution in [0.2, 0.25) is 0 Å². The van der Waals surface area contributed by atoms with Gasteiger partial charge in [0.2, 0.25) is 0 Å². The van der Waals surface area contributed by atoms with Gasteiger partial charge in [0.05, 0.1) is 17.8 Å². The first kappa shape index (κ1) is 16.5. The third-order valence-corrected chi connectivity index (χ3v) is 4.81. The molecule has 5 nitrogen and oxygen atoms in total. The van der Waals surface area contributed by atoms with Crippen molar-refractivity contribution >= 4 is 21.5 Å². The molecule has 0 aliphatic rings. The van der Waals surface area contributed by atoms with Gasteiger partial charge in [0.15, 0.2) is 9.84 Å². The Morgan fingerprint density at radius 3 is 2.20 bits per heavy atom. The lowest BCUT2D eigenvalue weighted by Gasteiger charge is -2.27. The number of sulfone groups is 1. The number of esters is 1. The van der Waals surface area contributed by atoms with Gasteiger partial charge < -0.3 is 9.64 Å². The molecule has 0 heterocycles. The van der Waals surface area contributed by atoms with E-state index in [0.29, 0.717) is 4.90 Å². The van der Waals surface area contributed by atoms with Crippen LogP contribution in [0.4, 0.5) is 5.69 Å². The van der Waals surface area contributed by atoms with Gasteiger partial charge in [-0.05, 0) is 38.1 Å². The Morgan fingerprint density at radius 1 is 1.25 bits per heavy atom. The van der Waals surface area contributed by atoms with E-state index in [1.165, 1.54) is 7.11 Å². The number of benzene rings is 1. The lowest BCUT2D eigenvalue weighted by atomic mass is 10.2. The first-order valence-corrected chi connectivity index (χ1v) is 8.13. The van der Waals surface area contributed by atoms with Crippen LogP contribution in [0, 0.1) is 0 Å². The molecule has 0 atom stereocenters. The normalized spacial score (nSPS) is 11.4. The number of ether oxygens (including phenoxy) is 1. The number of nitrogens with zero attached hydrogens (tertiary/aromatic N) is 1. The van der Waals surface area contributed by atoms with Crippen molar-refractivity contribution in [2.75, 3.05) is 24.3 Å². The Bertz CT molecular complexity index is 549. The summed E-state index contributed by atoms with van der Waals surface area (Å²) in [5.74, 6) is -0.258. The van der Waals surface area contributed by atoms with Crippen molar-refractivity contribution in [2.24, 2.45) is 0 Å². The molecule has 1 rings (SSSR count). The molecule has 0 saturated carbocycles. The third-order valence-electron chi connectivity index (χ3n) is 3.06. The minimum absolute atomic E-state index is 0.0718. The Labute approximate surface area is 120 Å². The van der Waals surface area contributed by atoms with Crippen molar-refractivity contribution in [1.82, 2.24) is 0 Å². The van der Waals surface area contributed by atoms with E-state index in [-0.39, 0.29) is 24.3 Å². The molecule has 112 valence electrons. The van der Waals surface area contributed by atoms with Crippen LogP contribution in [0.5, 0.6) is 0 Å². The molecule has 0 aromatic heterocycles. The molecule has 6 heteroatoms. The van der Waals surface area contributed by atoms with Crippen molar-refractivity contribution in [3.8, 4) is 0 Å². The molecule has 0 spiro atoms. The van der Waals surface area contributed by atoms with Crippen LogP contribution in [-0.2, 0) is 19.4 Å². The summed E-state index contributed by atoms with van der Waals surface area (Å²) in [7, 11) is -1.85. The summed E-state index contributed by atoms with van der Waals surface area (Å²) < 4.78 is 28.2. The number of carbonyl (C=O) groups is 1. The molecular weight excluding hydrogens is 278 g/mol. The van der Waals surface area contributed by atoms with E-state index in [1.54, 1.807) is 31.2 Å². The van der Waals surface area contributed by atoms with Crippen molar-refractivity contribution in [2.45, 2.75) is 31.7 Å². The summed E-state index contributed by atoms with van der Waals surface area (Å²) in [4.78, 5) is 13.6. The van der Waals surface area contributed by atoms with Crippen LogP contribution in [0.3, 0.4) is 0 Å². The summed E-state index contributed by atoms with van der Waals surface area (Å²) >= 11 is 0. The van der Waals surface area contributed by atoms with E-state index < -0.39 is 9.84 Å². The van der Waals surface area contributed by atoms with E-state index in [0.717, 1.165) is 5.69 Å². The van der Waals surface area contributed by atoms with E-state index in [2.05, 4.69) is 4.74 Å². The van der Waals surface area contributed by atoms with Gasteiger partial charge in [0.1, 0.15) is 6.54 Å². The zero-order chi connectivity index (χ0) is 15.3. The number of hydrogen-bond donors (Lipinski definition) is 0. The highest BCUT2D eigenvalue weighted by molar-refractivity contribution is 7.91. The molecule has 20 heavy (non-hydrogen) atoms. The smallest absolute Gasteiger partial charge is 0.325 e. The fourth-order valence-corrected chi connectivity index (χ4v) is 2.67. The zero-order valence-corrected chi connectivity index (χ0v) is 13.1. The van der Waals surface area contributed by atoms with Gasteiger partial charge >= 0.3 is 5.97 Å². The van der Waals surface area contributed by atoms with Gasteiger partial charge in [-0.25, -0.2) is 8.42 Å². The Morgan fingerprint density at radius 2 is 1.80 bits per heavy atom. The molecule has 0 unspecified atom stereocenters. The highest BCUT2D eigenvalue weighted by Crippen LogP contribution is 2.20. The maximum absolute atomic E-state index is 11.8. The van der Waals surface area contributed by atoms with Gasteiger partial charge in [-0.2, -0.15) is 0 Å². The number of rotatable bonds is 6.